The summed E-state index contributed by atoms with van der Waals surface area (Å²) in [7, 11) is 0. The number of halogens is 1. The van der Waals surface area contributed by atoms with E-state index in [0.29, 0.717) is 0 Å². The fourth-order valence-corrected chi connectivity index (χ4v) is 1.83. The first-order chi connectivity index (χ1) is 3.97. The minimum absolute atomic E-state index is 0. The molecule has 0 radical (unpaired) electrons. The Labute approximate surface area is 62.6 Å². The van der Waals surface area contributed by atoms with E-state index >= 15 is 0 Å². The summed E-state index contributed by atoms with van der Waals surface area (Å²) in [5.74, 6) is 1.07. The van der Waals surface area contributed by atoms with Gasteiger partial charge >= 0.3 is 0 Å². The Bertz CT molecular complexity index is 82.9. The van der Waals surface area contributed by atoms with Gasteiger partial charge in [0.2, 0.25) is 0 Å². The summed E-state index contributed by atoms with van der Waals surface area (Å²) in [5.41, 5.74) is 0. The minimum Gasteiger partial charge on any atom is -0.314 e. The van der Waals surface area contributed by atoms with Gasteiger partial charge in [-0.3, -0.25) is 0 Å². The molecule has 1 N–H and O–H groups in total. The first-order valence-electron chi connectivity index (χ1n) is 3.70. The van der Waals surface area contributed by atoms with E-state index in [1.165, 1.54) is 32.2 Å². The molecule has 1 aliphatic carbocycles. The number of fused-ring (bicyclic) bond motifs is 1. The molecule has 54 valence electrons. The molecule has 0 unspecified atom stereocenters. The van der Waals surface area contributed by atoms with Crippen LogP contribution >= 0.6 is 12.4 Å². The lowest BCUT2D eigenvalue weighted by molar-refractivity contribution is 0.161. The van der Waals surface area contributed by atoms with E-state index in [0.717, 1.165) is 12.0 Å². The molecule has 0 amide bonds. The average molecular weight is 148 g/mol. The molecule has 0 spiro atoms. The Morgan fingerprint density at radius 1 is 1.11 bits per heavy atom. The third kappa shape index (κ3) is 1.22. The normalized spacial score (nSPS) is 40.0. The van der Waals surface area contributed by atoms with Crippen molar-refractivity contribution in [1.82, 2.24) is 5.32 Å². The maximum atomic E-state index is 3.52. The summed E-state index contributed by atoms with van der Waals surface area (Å²) in [6.07, 6.45) is 5.86. The molecule has 0 bridgehead atoms. The SMILES string of the molecule is C1CN[C@H]2CC[C@H]2C1.Cl. The maximum absolute atomic E-state index is 3.52. The van der Waals surface area contributed by atoms with Gasteiger partial charge in [0.15, 0.2) is 0 Å². The van der Waals surface area contributed by atoms with Crippen LogP contribution in [0.3, 0.4) is 0 Å². The lowest BCUT2D eigenvalue weighted by Crippen LogP contribution is -2.47. The van der Waals surface area contributed by atoms with Gasteiger partial charge in [0, 0.05) is 6.04 Å². The third-order valence-corrected chi connectivity index (χ3v) is 2.58. The van der Waals surface area contributed by atoms with Crippen molar-refractivity contribution in [2.24, 2.45) is 5.92 Å². The summed E-state index contributed by atoms with van der Waals surface area (Å²) in [4.78, 5) is 0. The standard InChI is InChI=1S/C7H13N.ClH/c1-2-6-3-4-7(6)8-5-1;/h6-8H,1-5H2;1H/t6-,7+;/m1./s1. The van der Waals surface area contributed by atoms with Gasteiger partial charge in [-0.25, -0.2) is 0 Å². The summed E-state index contributed by atoms with van der Waals surface area (Å²) >= 11 is 0. The monoisotopic (exact) mass is 147 g/mol. The molecule has 2 heteroatoms. The van der Waals surface area contributed by atoms with Crippen molar-refractivity contribution >= 4 is 12.4 Å². The first kappa shape index (κ1) is 7.36. The highest BCUT2D eigenvalue weighted by Crippen LogP contribution is 2.33. The van der Waals surface area contributed by atoms with Crippen LogP contribution in [0.5, 0.6) is 0 Å². The molecule has 0 aromatic carbocycles. The van der Waals surface area contributed by atoms with Crippen LogP contribution in [0.1, 0.15) is 25.7 Å². The minimum atomic E-state index is 0. The molecule has 2 fully saturated rings. The third-order valence-electron chi connectivity index (χ3n) is 2.58. The zero-order valence-electron chi connectivity index (χ0n) is 5.60. The van der Waals surface area contributed by atoms with Crippen molar-refractivity contribution < 1.29 is 0 Å². The van der Waals surface area contributed by atoms with Gasteiger partial charge in [-0.1, -0.05) is 0 Å². The number of hydrogen-bond donors (Lipinski definition) is 1. The summed E-state index contributed by atoms with van der Waals surface area (Å²) < 4.78 is 0. The predicted molar refractivity (Wildman–Crippen MR) is 41.0 cm³/mol. The van der Waals surface area contributed by atoms with Gasteiger partial charge in [0.25, 0.3) is 0 Å². The zero-order valence-corrected chi connectivity index (χ0v) is 6.41. The number of rotatable bonds is 0. The Hall–Kier alpha value is 0.250. The maximum Gasteiger partial charge on any atom is 0.00954 e. The van der Waals surface area contributed by atoms with E-state index in [9.17, 15) is 0 Å². The van der Waals surface area contributed by atoms with Crippen molar-refractivity contribution in [2.75, 3.05) is 6.54 Å². The molecule has 1 nitrogen and oxygen atoms in total. The van der Waals surface area contributed by atoms with Gasteiger partial charge in [-0.15, -0.1) is 12.4 Å². The first-order valence-corrected chi connectivity index (χ1v) is 3.70. The molecule has 0 aromatic rings. The van der Waals surface area contributed by atoms with Crippen LogP contribution in [0.25, 0.3) is 0 Å². The summed E-state index contributed by atoms with van der Waals surface area (Å²) in [6.45, 7) is 1.28. The van der Waals surface area contributed by atoms with E-state index in [4.69, 9.17) is 0 Å². The van der Waals surface area contributed by atoms with E-state index in [1.807, 2.05) is 0 Å². The number of piperidine rings is 1. The average Bonchev–Trinajstić information content (AvgIpc) is 1.72. The van der Waals surface area contributed by atoms with E-state index < -0.39 is 0 Å². The fourth-order valence-electron chi connectivity index (χ4n) is 1.83. The Balaban J connectivity index is 0.000000405. The topological polar surface area (TPSA) is 12.0 Å². The zero-order chi connectivity index (χ0) is 5.40. The van der Waals surface area contributed by atoms with Crippen molar-refractivity contribution in [2.45, 2.75) is 31.7 Å². The largest absolute Gasteiger partial charge is 0.314 e. The highest BCUT2D eigenvalue weighted by atomic mass is 35.5. The summed E-state index contributed by atoms with van der Waals surface area (Å²) in [5, 5.41) is 3.52. The van der Waals surface area contributed by atoms with E-state index in [2.05, 4.69) is 5.32 Å². The van der Waals surface area contributed by atoms with Gasteiger partial charge in [-0.05, 0) is 38.1 Å². The molecule has 2 atom stereocenters. The Morgan fingerprint density at radius 2 is 2.00 bits per heavy atom. The highest BCUT2D eigenvalue weighted by molar-refractivity contribution is 5.85. The van der Waals surface area contributed by atoms with Gasteiger partial charge in [-0.2, -0.15) is 0 Å². The molecule has 0 aromatic heterocycles. The summed E-state index contributed by atoms with van der Waals surface area (Å²) in [6, 6.07) is 0.934. The van der Waals surface area contributed by atoms with Crippen molar-refractivity contribution in [3.63, 3.8) is 0 Å². The van der Waals surface area contributed by atoms with Crippen LogP contribution in [0.15, 0.2) is 0 Å². The molecule has 1 saturated heterocycles. The fraction of sp³-hybridized carbons (Fsp3) is 1.00. The van der Waals surface area contributed by atoms with Crippen molar-refractivity contribution in [3.8, 4) is 0 Å². The molecule has 1 heterocycles. The van der Waals surface area contributed by atoms with E-state index in [-0.39, 0.29) is 12.4 Å². The van der Waals surface area contributed by atoms with Crippen LogP contribution in [-0.4, -0.2) is 12.6 Å². The van der Waals surface area contributed by atoms with E-state index in [1.54, 1.807) is 0 Å². The lowest BCUT2D eigenvalue weighted by Gasteiger charge is -2.41. The Kier molecular flexibility index (Phi) is 2.36. The number of hydrogen-bond acceptors (Lipinski definition) is 1. The smallest absolute Gasteiger partial charge is 0.00954 e. The van der Waals surface area contributed by atoms with Gasteiger partial charge in [0.1, 0.15) is 0 Å². The van der Waals surface area contributed by atoms with Crippen LogP contribution in [-0.2, 0) is 0 Å². The van der Waals surface area contributed by atoms with Crippen molar-refractivity contribution in [1.29, 1.82) is 0 Å². The molecular weight excluding hydrogens is 134 g/mol. The molecule has 1 saturated carbocycles. The second-order valence-corrected chi connectivity index (χ2v) is 3.04. The van der Waals surface area contributed by atoms with Crippen LogP contribution in [0.4, 0.5) is 0 Å². The van der Waals surface area contributed by atoms with Crippen molar-refractivity contribution in [3.05, 3.63) is 0 Å². The molecular formula is C7H14ClN. The predicted octanol–water partition coefficient (Wildman–Crippen LogP) is 1.57. The second kappa shape index (κ2) is 2.89. The van der Waals surface area contributed by atoms with Gasteiger partial charge < -0.3 is 5.32 Å². The molecule has 2 aliphatic rings. The number of nitrogens with one attached hydrogen (secondary N) is 1. The molecule has 9 heavy (non-hydrogen) atoms. The second-order valence-electron chi connectivity index (χ2n) is 3.04. The van der Waals surface area contributed by atoms with Crippen LogP contribution in [0, 0.1) is 5.92 Å². The molecule has 1 aliphatic heterocycles. The Morgan fingerprint density at radius 3 is 2.33 bits per heavy atom. The quantitative estimate of drug-likeness (QED) is 0.549. The van der Waals surface area contributed by atoms with Gasteiger partial charge in [0.05, 0.1) is 0 Å². The molecule has 2 rings (SSSR count). The van der Waals surface area contributed by atoms with Crippen LogP contribution in [0.2, 0.25) is 0 Å². The lowest BCUT2D eigenvalue weighted by atomic mass is 9.75. The highest BCUT2D eigenvalue weighted by Gasteiger charge is 2.31. The van der Waals surface area contributed by atoms with Crippen LogP contribution < -0.4 is 5.32 Å².